The number of aliphatic hydroxyl groups is 2. The number of rotatable bonds is 17. The van der Waals surface area contributed by atoms with Gasteiger partial charge in [0.05, 0.1) is 28.4 Å². The van der Waals surface area contributed by atoms with Gasteiger partial charge < -0.3 is 48.1 Å². The fourth-order valence-corrected chi connectivity index (χ4v) is 5.90. The Balaban J connectivity index is 1.17. The van der Waals surface area contributed by atoms with Crippen molar-refractivity contribution in [1.29, 1.82) is 0 Å². The van der Waals surface area contributed by atoms with Crippen LogP contribution in [0.4, 0.5) is 0 Å². The van der Waals surface area contributed by atoms with Crippen molar-refractivity contribution in [2.24, 2.45) is 0 Å². The van der Waals surface area contributed by atoms with Crippen LogP contribution in [0.15, 0.2) is 133 Å². The molecule has 6 rings (SSSR count). The Morgan fingerprint density at radius 1 is 0.389 bits per heavy atom. The molecule has 0 aromatic heterocycles. The third kappa shape index (κ3) is 8.80. The second kappa shape index (κ2) is 17.9. The van der Waals surface area contributed by atoms with E-state index in [4.69, 9.17) is 37.9 Å². The zero-order chi connectivity index (χ0) is 37.9. The Morgan fingerprint density at radius 3 is 1.04 bits per heavy atom. The molecule has 6 aromatic carbocycles. The minimum absolute atomic E-state index is 0.212. The Bertz CT molecular complexity index is 1920. The molecule has 0 saturated heterocycles. The standard InChI is InChI=1S/C44H42O10/c1-47-37-23-31(24-38(48-2)43(37)51-27-41(45)53-35-21-13-11-19-33(35)29-15-7-5-8-16-29)32-25-39(49-3)44(40(26-32)50-4)52-28-42(46)54-36-22-14-12-20-34(36)30-17-9-6-10-18-30/h5-26,41-42,45-46H,27-28H2,1-4H3. The first-order valence-electron chi connectivity index (χ1n) is 17.2. The zero-order valence-corrected chi connectivity index (χ0v) is 30.4. The molecule has 0 aliphatic heterocycles. The summed E-state index contributed by atoms with van der Waals surface area (Å²) in [5.74, 6) is 3.02. The van der Waals surface area contributed by atoms with Gasteiger partial charge in [-0.25, -0.2) is 0 Å². The van der Waals surface area contributed by atoms with Gasteiger partial charge in [-0.15, -0.1) is 0 Å². The van der Waals surface area contributed by atoms with E-state index in [0.29, 0.717) is 45.6 Å². The van der Waals surface area contributed by atoms with Gasteiger partial charge in [0, 0.05) is 11.1 Å². The molecule has 10 nitrogen and oxygen atoms in total. The smallest absolute Gasteiger partial charge is 0.231 e. The number of hydrogen-bond donors (Lipinski definition) is 2. The first-order chi connectivity index (χ1) is 26.4. The molecule has 54 heavy (non-hydrogen) atoms. The lowest BCUT2D eigenvalue weighted by Crippen LogP contribution is -2.24. The van der Waals surface area contributed by atoms with Gasteiger partial charge in [-0.1, -0.05) is 97.1 Å². The number of para-hydroxylation sites is 2. The van der Waals surface area contributed by atoms with Crippen molar-refractivity contribution in [1.82, 2.24) is 0 Å². The van der Waals surface area contributed by atoms with Gasteiger partial charge in [0.1, 0.15) is 11.5 Å². The number of ether oxygens (including phenoxy) is 8. The summed E-state index contributed by atoms with van der Waals surface area (Å²) in [6.07, 6.45) is -2.60. The summed E-state index contributed by atoms with van der Waals surface area (Å²) < 4.78 is 46.7. The van der Waals surface area contributed by atoms with Gasteiger partial charge >= 0.3 is 0 Å². The third-order valence-electron chi connectivity index (χ3n) is 8.46. The van der Waals surface area contributed by atoms with Crippen LogP contribution in [0.2, 0.25) is 0 Å². The van der Waals surface area contributed by atoms with Gasteiger partial charge in [-0.3, -0.25) is 0 Å². The van der Waals surface area contributed by atoms with Crippen LogP contribution in [0.25, 0.3) is 33.4 Å². The summed E-state index contributed by atoms with van der Waals surface area (Å²) in [7, 11) is 6.05. The minimum Gasteiger partial charge on any atom is -0.493 e. The van der Waals surface area contributed by atoms with Gasteiger partial charge in [0.2, 0.25) is 24.1 Å². The Kier molecular flexibility index (Phi) is 12.4. The highest BCUT2D eigenvalue weighted by Crippen LogP contribution is 2.46. The molecular formula is C44H42O10. The van der Waals surface area contributed by atoms with Crippen molar-refractivity contribution < 1.29 is 48.1 Å². The predicted molar refractivity (Wildman–Crippen MR) is 206 cm³/mol. The van der Waals surface area contributed by atoms with Gasteiger partial charge in [0.25, 0.3) is 0 Å². The van der Waals surface area contributed by atoms with Gasteiger partial charge in [0.15, 0.2) is 36.2 Å². The molecule has 0 fully saturated rings. The molecule has 0 bridgehead atoms. The maximum atomic E-state index is 10.9. The van der Waals surface area contributed by atoms with Gasteiger partial charge in [-0.2, -0.15) is 0 Å². The van der Waals surface area contributed by atoms with Crippen LogP contribution >= 0.6 is 0 Å². The molecule has 278 valence electrons. The maximum Gasteiger partial charge on any atom is 0.231 e. The summed E-state index contributed by atoms with van der Waals surface area (Å²) in [6, 6.07) is 41.6. The maximum absolute atomic E-state index is 10.9. The normalized spacial score (nSPS) is 11.9. The molecule has 10 heteroatoms. The second-order valence-corrected chi connectivity index (χ2v) is 11.9. The highest BCUT2D eigenvalue weighted by atomic mass is 16.6. The summed E-state index contributed by atoms with van der Waals surface area (Å²) in [4.78, 5) is 0. The topological polar surface area (TPSA) is 114 Å². The fourth-order valence-electron chi connectivity index (χ4n) is 5.90. The monoisotopic (exact) mass is 730 g/mol. The Morgan fingerprint density at radius 2 is 0.704 bits per heavy atom. The van der Waals surface area contributed by atoms with E-state index in [9.17, 15) is 10.2 Å². The lowest BCUT2D eigenvalue weighted by Gasteiger charge is -2.21. The minimum atomic E-state index is -1.30. The quantitative estimate of drug-likeness (QED) is 0.0889. The highest BCUT2D eigenvalue weighted by molar-refractivity contribution is 5.76. The van der Waals surface area contributed by atoms with E-state index >= 15 is 0 Å². The molecule has 0 heterocycles. The largest absolute Gasteiger partial charge is 0.493 e. The van der Waals surface area contributed by atoms with Crippen LogP contribution < -0.4 is 37.9 Å². The first kappa shape index (κ1) is 37.4. The Labute approximate surface area is 314 Å². The summed E-state index contributed by atoms with van der Waals surface area (Å²) in [5, 5.41) is 21.7. The molecule has 2 atom stereocenters. The van der Waals surface area contributed by atoms with E-state index < -0.39 is 12.6 Å². The second-order valence-electron chi connectivity index (χ2n) is 11.9. The summed E-state index contributed by atoms with van der Waals surface area (Å²) >= 11 is 0. The molecule has 0 saturated carbocycles. The van der Waals surface area contributed by atoms with E-state index in [0.717, 1.165) is 22.3 Å². The lowest BCUT2D eigenvalue weighted by molar-refractivity contribution is -0.0485. The number of aliphatic hydroxyl groups excluding tert-OH is 2. The number of methoxy groups -OCH3 is 4. The van der Waals surface area contributed by atoms with Crippen LogP contribution in [0.3, 0.4) is 0 Å². The van der Waals surface area contributed by atoms with Crippen molar-refractivity contribution in [3.63, 3.8) is 0 Å². The molecular weight excluding hydrogens is 688 g/mol. The molecule has 2 unspecified atom stereocenters. The average Bonchev–Trinajstić information content (AvgIpc) is 3.22. The van der Waals surface area contributed by atoms with Crippen molar-refractivity contribution in [3.05, 3.63) is 133 Å². The molecule has 0 amide bonds. The van der Waals surface area contributed by atoms with Crippen LogP contribution in [0, 0.1) is 0 Å². The van der Waals surface area contributed by atoms with E-state index in [1.54, 1.807) is 36.4 Å². The van der Waals surface area contributed by atoms with Crippen LogP contribution in [-0.2, 0) is 0 Å². The molecule has 0 radical (unpaired) electrons. The fraction of sp³-hybridized carbons (Fsp3) is 0.182. The molecule has 6 aromatic rings. The van der Waals surface area contributed by atoms with E-state index in [2.05, 4.69) is 0 Å². The predicted octanol–water partition coefficient (Wildman–Crippen LogP) is 8.27. The van der Waals surface area contributed by atoms with Crippen LogP contribution in [0.5, 0.6) is 46.0 Å². The number of benzene rings is 6. The Hall–Kier alpha value is -6.36. The van der Waals surface area contributed by atoms with E-state index in [-0.39, 0.29) is 24.7 Å². The first-order valence-corrected chi connectivity index (χ1v) is 17.2. The highest BCUT2D eigenvalue weighted by Gasteiger charge is 2.22. The number of hydrogen-bond acceptors (Lipinski definition) is 10. The van der Waals surface area contributed by atoms with Crippen molar-refractivity contribution in [2.75, 3.05) is 41.7 Å². The van der Waals surface area contributed by atoms with E-state index in [1.165, 1.54) is 28.4 Å². The van der Waals surface area contributed by atoms with Crippen molar-refractivity contribution in [3.8, 4) is 79.4 Å². The summed E-state index contributed by atoms with van der Waals surface area (Å²) in [5.41, 5.74) is 4.98. The SMILES string of the molecule is COc1cc(-c2cc(OC)c(OCC(O)Oc3ccccc3-c3ccccc3)c(OC)c2)cc(OC)c1OCC(O)Oc1ccccc1-c1ccccc1. The average molecular weight is 731 g/mol. The van der Waals surface area contributed by atoms with Crippen molar-refractivity contribution >= 4 is 0 Å². The molecule has 0 aliphatic rings. The third-order valence-corrected chi connectivity index (χ3v) is 8.46. The van der Waals surface area contributed by atoms with Gasteiger partial charge in [-0.05, 0) is 58.7 Å². The molecule has 2 N–H and O–H groups in total. The molecule has 0 spiro atoms. The van der Waals surface area contributed by atoms with Crippen LogP contribution in [0.1, 0.15) is 0 Å². The van der Waals surface area contributed by atoms with E-state index in [1.807, 2.05) is 97.1 Å². The molecule has 0 aliphatic carbocycles. The summed E-state index contributed by atoms with van der Waals surface area (Å²) in [6.45, 7) is -0.424. The van der Waals surface area contributed by atoms with Crippen LogP contribution in [-0.4, -0.2) is 64.4 Å². The lowest BCUT2D eigenvalue weighted by atomic mass is 10.0. The zero-order valence-electron chi connectivity index (χ0n) is 30.4. The van der Waals surface area contributed by atoms with Crippen molar-refractivity contribution in [2.45, 2.75) is 12.6 Å².